The van der Waals surface area contributed by atoms with Gasteiger partial charge in [0.05, 0.1) is 0 Å². The Hall–Kier alpha value is -2.66. The van der Waals surface area contributed by atoms with Gasteiger partial charge in [0.15, 0.2) is 0 Å². The standard InChI is InChI=1S/C22H26N4O/c27-22(21-17-20(10-11-23-21)24-19-8-9-19)26-15-13-25(14-16-26)12-4-7-18-5-2-1-3-6-18/h1-7,10-11,17,19H,8-9,12-16H2,(H,23,24)/b7-4+. The minimum absolute atomic E-state index is 0.0360. The van der Waals surface area contributed by atoms with Crippen molar-refractivity contribution in [2.45, 2.75) is 18.9 Å². The smallest absolute Gasteiger partial charge is 0.272 e. The zero-order valence-electron chi connectivity index (χ0n) is 15.6. The molecular formula is C22H26N4O. The molecule has 2 fully saturated rings. The van der Waals surface area contributed by atoms with Gasteiger partial charge in [0.1, 0.15) is 5.69 Å². The minimum atomic E-state index is 0.0360. The molecule has 1 N–H and O–H groups in total. The van der Waals surface area contributed by atoms with Crippen molar-refractivity contribution in [2.75, 3.05) is 38.0 Å². The van der Waals surface area contributed by atoms with E-state index in [-0.39, 0.29) is 5.91 Å². The van der Waals surface area contributed by atoms with Gasteiger partial charge in [0, 0.05) is 50.6 Å². The van der Waals surface area contributed by atoms with Crippen LogP contribution in [-0.4, -0.2) is 59.5 Å². The molecule has 1 saturated heterocycles. The molecule has 2 aromatic rings. The number of benzene rings is 1. The van der Waals surface area contributed by atoms with Crippen molar-refractivity contribution in [3.63, 3.8) is 0 Å². The maximum atomic E-state index is 12.8. The average Bonchev–Trinajstić information content (AvgIpc) is 3.53. The Bertz CT molecular complexity index is 793. The van der Waals surface area contributed by atoms with E-state index in [0.717, 1.165) is 38.4 Å². The highest BCUT2D eigenvalue weighted by molar-refractivity contribution is 5.93. The first-order chi connectivity index (χ1) is 13.3. The van der Waals surface area contributed by atoms with Gasteiger partial charge in [-0.25, -0.2) is 0 Å². The number of pyridine rings is 1. The Labute approximate surface area is 160 Å². The monoisotopic (exact) mass is 362 g/mol. The van der Waals surface area contributed by atoms with Crippen molar-refractivity contribution < 1.29 is 4.79 Å². The summed E-state index contributed by atoms with van der Waals surface area (Å²) in [5.74, 6) is 0.0360. The van der Waals surface area contributed by atoms with Crippen molar-refractivity contribution in [1.29, 1.82) is 0 Å². The van der Waals surface area contributed by atoms with E-state index in [0.29, 0.717) is 11.7 Å². The lowest BCUT2D eigenvalue weighted by atomic mass is 10.2. The summed E-state index contributed by atoms with van der Waals surface area (Å²) in [6.45, 7) is 4.20. The third kappa shape index (κ3) is 4.95. The minimum Gasteiger partial charge on any atom is -0.382 e. The third-order valence-electron chi connectivity index (χ3n) is 5.06. The fourth-order valence-corrected chi connectivity index (χ4v) is 3.30. The molecule has 0 radical (unpaired) electrons. The van der Waals surface area contributed by atoms with E-state index >= 15 is 0 Å². The van der Waals surface area contributed by atoms with Gasteiger partial charge in [-0.2, -0.15) is 0 Å². The molecule has 2 heterocycles. The van der Waals surface area contributed by atoms with Crippen molar-refractivity contribution in [1.82, 2.24) is 14.8 Å². The largest absolute Gasteiger partial charge is 0.382 e. The van der Waals surface area contributed by atoms with Crippen LogP contribution in [0.2, 0.25) is 0 Å². The number of hydrogen-bond acceptors (Lipinski definition) is 4. The van der Waals surface area contributed by atoms with Gasteiger partial charge in [-0.05, 0) is 30.5 Å². The number of carbonyl (C=O) groups excluding carboxylic acids is 1. The highest BCUT2D eigenvalue weighted by Crippen LogP contribution is 2.24. The van der Waals surface area contributed by atoms with Gasteiger partial charge in [0.2, 0.25) is 0 Å². The maximum Gasteiger partial charge on any atom is 0.272 e. The second kappa shape index (κ2) is 8.35. The summed E-state index contributed by atoms with van der Waals surface area (Å²) in [5, 5.41) is 3.43. The van der Waals surface area contributed by atoms with Crippen molar-refractivity contribution in [2.24, 2.45) is 0 Å². The number of amides is 1. The summed E-state index contributed by atoms with van der Waals surface area (Å²) in [6, 6.07) is 14.7. The molecule has 1 aliphatic heterocycles. The molecule has 140 valence electrons. The Balaban J connectivity index is 1.27. The lowest BCUT2D eigenvalue weighted by molar-refractivity contribution is 0.0644. The average molecular weight is 362 g/mol. The lowest BCUT2D eigenvalue weighted by Crippen LogP contribution is -2.48. The summed E-state index contributed by atoms with van der Waals surface area (Å²) >= 11 is 0. The van der Waals surface area contributed by atoms with Crippen LogP contribution in [0.25, 0.3) is 6.08 Å². The first-order valence-electron chi connectivity index (χ1n) is 9.74. The highest BCUT2D eigenvalue weighted by Gasteiger charge is 2.24. The molecule has 0 unspecified atom stereocenters. The van der Waals surface area contributed by atoms with Gasteiger partial charge in [-0.1, -0.05) is 42.5 Å². The van der Waals surface area contributed by atoms with Crippen LogP contribution in [0.1, 0.15) is 28.9 Å². The van der Waals surface area contributed by atoms with Crippen LogP contribution in [0.15, 0.2) is 54.7 Å². The Morgan fingerprint density at radius 1 is 1.11 bits per heavy atom. The van der Waals surface area contributed by atoms with E-state index in [1.54, 1.807) is 6.20 Å². The molecule has 1 aromatic heterocycles. The van der Waals surface area contributed by atoms with E-state index in [2.05, 4.69) is 39.5 Å². The van der Waals surface area contributed by atoms with E-state index in [9.17, 15) is 4.79 Å². The SMILES string of the molecule is O=C(c1cc(NC2CC2)ccn1)N1CCN(C/C=C/c2ccccc2)CC1. The van der Waals surface area contributed by atoms with Crippen LogP contribution in [-0.2, 0) is 0 Å². The van der Waals surface area contributed by atoms with Crippen LogP contribution in [0, 0.1) is 0 Å². The second-order valence-electron chi connectivity index (χ2n) is 7.25. The predicted octanol–water partition coefficient (Wildman–Crippen LogP) is 3.13. The van der Waals surface area contributed by atoms with Crippen LogP contribution in [0.4, 0.5) is 5.69 Å². The Morgan fingerprint density at radius 3 is 2.63 bits per heavy atom. The molecule has 5 nitrogen and oxygen atoms in total. The number of nitrogens with one attached hydrogen (secondary N) is 1. The molecule has 27 heavy (non-hydrogen) atoms. The van der Waals surface area contributed by atoms with Crippen molar-refractivity contribution in [3.05, 3.63) is 66.0 Å². The quantitative estimate of drug-likeness (QED) is 0.858. The number of aromatic nitrogens is 1. The van der Waals surface area contributed by atoms with E-state index in [4.69, 9.17) is 0 Å². The third-order valence-corrected chi connectivity index (χ3v) is 5.06. The molecule has 1 amide bonds. The fourth-order valence-electron chi connectivity index (χ4n) is 3.30. The van der Waals surface area contributed by atoms with Gasteiger partial charge in [0.25, 0.3) is 5.91 Å². The van der Waals surface area contributed by atoms with Crippen molar-refractivity contribution >= 4 is 17.7 Å². The summed E-state index contributed by atoms with van der Waals surface area (Å²) in [7, 11) is 0. The lowest BCUT2D eigenvalue weighted by Gasteiger charge is -2.34. The van der Waals surface area contributed by atoms with E-state index in [1.807, 2.05) is 35.2 Å². The second-order valence-corrected chi connectivity index (χ2v) is 7.25. The summed E-state index contributed by atoms with van der Waals surface area (Å²) < 4.78 is 0. The molecule has 0 atom stereocenters. The van der Waals surface area contributed by atoms with Gasteiger partial charge >= 0.3 is 0 Å². The molecule has 0 bridgehead atoms. The van der Waals surface area contributed by atoms with Gasteiger partial charge < -0.3 is 10.2 Å². The number of hydrogen-bond donors (Lipinski definition) is 1. The van der Waals surface area contributed by atoms with E-state index < -0.39 is 0 Å². The summed E-state index contributed by atoms with van der Waals surface area (Å²) in [5.41, 5.74) is 2.76. The maximum absolute atomic E-state index is 12.8. The van der Waals surface area contributed by atoms with E-state index in [1.165, 1.54) is 18.4 Å². The molecule has 5 heteroatoms. The molecule has 1 aromatic carbocycles. The van der Waals surface area contributed by atoms with Crippen molar-refractivity contribution in [3.8, 4) is 0 Å². The normalized spacial score (nSPS) is 18.0. The Kier molecular flexibility index (Phi) is 5.49. The first-order valence-corrected chi connectivity index (χ1v) is 9.74. The molecule has 0 spiro atoms. The molecule has 4 rings (SSSR count). The predicted molar refractivity (Wildman–Crippen MR) is 109 cm³/mol. The zero-order chi connectivity index (χ0) is 18.5. The van der Waals surface area contributed by atoms with Crippen LogP contribution in [0.5, 0.6) is 0 Å². The Morgan fingerprint density at radius 2 is 1.89 bits per heavy atom. The highest BCUT2D eigenvalue weighted by atomic mass is 16.2. The first kappa shape index (κ1) is 17.7. The number of piperazine rings is 1. The molecule has 1 aliphatic carbocycles. The zero-order valence-corrected chi connectivity index (χ0v) is 15.6. The summed E-state index contributed by atoms with van der Waals surface area (Å²) in [4.78, 5) is 21.3. The number of anilines is 1. The topological polar surface area (TPSA) is 48.5 Å². The molecule has 1 saturated carbocycles. The number of nitrogens with zero attached hydrogens (tertiary/aromatic N) is 3. The molecule has 2 aliphatic rings. The summed E-state index contributed by atoms with van der Waals surface area (Å²) in [6.07, 6.45) is 8.50. The number of carbonyl (C=O) groups is 1. The van der Waals surface area contributed by atoms with Crippen LogP contribution < -0.4 is 5.32 Å². The fraction of sp³-hybridized carbons (Fsp3) is 0.364. The van der Waals surface area contributed by atoms with Gasteiger partial charge in [-0.3, -0.25) is 14.7 Å². The number of rotatable bonds is 6. The van der Waals surface area contributed by atoms with Crippen LogP contribution in [0.3, 0.4) is 0 Å². The van der Waals surface area contributed by atoms with Crippen LogP contribution >= 0.6 is 0 Å². The van der Waals surface area contributed by atoms with Gasteiger partial charge in [-0.15, -0.1) is 0 Å². The molecular weight excluding hydrogens is 336 g/mol.